The van der Waals surface area contributed by atoms with Crippen molar-refractivity contribution in [3.63, 3.8) is 0 Å². The molecule has 0 fully saturated rings. The maximum atomic E-state index is 5.71. The van der Waals surface area contributed by atoms with Crippen molar-refractivity contribution in [3.8, 4) is 16.2 Å². The molecule has 2 N–H and O–H groups in total. The molecule has 0 aliphatic heterocycles. The van der Waals surface area contributed by atoms with Crippen LogP contribution in [0.2, 0.25) is 0 Å². The predicted molar refractivity (Wildman–Crippen MR) is 73.6 cm³/mol. The molecule has 0 aliphatic carbocycles. The standard InChI is InChI=1S/C14H17NOS/c1-3-16-13-7-11(9-15)6-12(8-13)14-5-4-10(2)17-14/h4-8H,3,9,15H2,1-2H3. The highest BCUT2D eigenvalue weighted by atomic mass is 32.1. The zero-order chi connectivity index (χ0) is 12.3. The average Bonchev–Trinajstić information content (AvgIpc) is 2.76. The second kappa shape index (κ2) is 5.34. The second-order valence-corrected chi connectivity index (χ2v) is 5.20. The largest absolute Gasteiger partial charge is 0.494 e. The van der Waals surface area contributed by atoms with Gasteiger partial charge in [0.2, 0.25) is 0 Å². The highest BCUT2D eigenvalue weighted by Crippen LogP contribution is 2.31. The molecule has 2 aromatic rings. The van der Waals surface area contributed by atoms with Gasteiger partial charge in [-0.2, -0.15) is 0 Å². The molecule has 0 saturated carbocycles. The monoisotopic (exact) mass is 247 g/mol. The normalized spacial score (nSPS) is 10.5. The van der Waals surface area contributed by atoms with Gasteiger partial charge in [0.15, 0.2) is 0 Å². The van der Waals surface area contributed by atoms with Crippen molar-refractivity contribution in [1.29, 1.82) is 0 Å². The molecule has 17 heavy (non-hydrogen) atoms. The Balaban J connectivity index is 2.42. The number of hydrogen-bond donors (Lipinski definition) is 1. The van der Waals surface area contributed by atoms with Crippen LogP contribution in [0.5, 0.6) is 5.75 Å². The summed E-state index contributed by atoms with van der Waals surface area (Å²) in [5, 5.41) is 0. The minimum Gasteiger partial charge on any atom is -0.494 e. The van der Waals surface area contributed by atoms with Gasteiger partial charge in [-0.1, -0.05) is 0 Å². The molecule has 0 bridgehead atoms. The highest BCUT2D eigenvalue weighted by molar-refractivity contribution is 7.15. The summed E-state index contributed by atoms with van der Waals surface area (Å²) in [4.78, 5) is 2.58. The Kier molecular flexibility index (Phi) is 3.82. The van der Waals surface area contributed by atoms with Crippen LogP contribution in [0.15, 0.2) is 30.3 Å². The van der Waals surface area contributed by atoms with Gasteiger partial charge in [0.25, 0.3) is 0 Å². The third-order valence-corrected chi connectivity index (χ3v) is 3.59. The van der Waals surface area contributed by atoms with Crippen molar-refractivity contribution < 1.29 is 4.74 Å². The van der Waals surface area contributed by atoms with E-state index in [2.05, 4.69) is 31.2 Å². The van der Waals surface area contributed by atoms with Crippen molar-refractivity contribution in [2.45, 2.75) is 20.4 Å². The van der Waals surface area contributed by atoms with Crippen molar-refractivity contribution >= 4 is 11.3 Å². The quantitative estimate of drug-likeness (QED) is 0.896. The van der Waals surface area contributed by atoms with Gasteiger partial charge >= 0.3 is 0 Å². The van der Waals surface area contributed by atoms with Gasteiger partial charge in [0.05, 0.1) is 6.61 Å². The second-order valence-electron chi connectivity index (χ2n) is 3.91. The molecule has 1 heterocycles. The molecule has 0 saturated heterocycles. The van der Waals surface area contributed by atoms with Gasteiger partial charge in [-0.05, 0) is 55.3 Å². The molecule has 90 valence electrons. The number of hydrogen-bond acceptors (Lipinski definition) is 3. The Morgan fingerprint density at radius 1 is 1.24 bits per heavy atom. The lowest BCUT2D eigenvalue weighted by molar-refractivity contribution is 0.340. The zero-order valence-corrected chi connectivity index (χ0v) is 11.0. The summed E-state index contributed by atoms with van der Waals surface area (Å²) in [5.41, 5.74) is 8.01. The van der Waals surface area contributed by atoms with Crippen LogP contribution in [0.1, 0.15) is 17.4 Å². The van der Waals surface area contributed by atoms with Gasteiger partial charge in [0.1, 0.15) is 5.75 Å². The van der Waals surface area contributed by atoms with E-state index in [1.165, 1.54) is 15.3 Å². The molecule has 0 amide bonds. The number of ether oxygens (including phenoxy) is 1. The summed E-state index contributed by atoms with van der Waals surface area (Å²) in [6.07, 6.45) is 0. The number of nitrogens with two attached hydrogens (primary N) is 1. The summed E-state index contributed by atoms with van der Waals surface area (Å²) in [6, 6.07) is 10.5. The molecule has 0 radical (unpaired) electrons. The van der Waals surface area contributed by atoms with E-state index in [9.17, 15) is 0 Å². The first-order chi connectivity index (χ1) is 8.22. The van der Waals surface area contributed by atoms with E-state index in [-0.39, 0.29) is 0 Å². The molecule has 0 spiro atoms. The Morgan fingerprint density at radius 3 is 2.65 bits per heavy atom. The molecule has 2 rings (SSSR count). The van der Waals surface area contributed by atoms with Crippen LogP contribution in [-0.2, 0) is 6.54 Å². The predicted octanol–water partition coefficient (Wildman–Crippen LogP) is 3.58. The van der Waals surface area contributed by atoms with E-state index in [0.717, 1.165) is 11.3 Å². The number of aryl methyl sites for hydroxylation is 1. The van der Waals surface area contributed by atoms with E-state index in [1.54, 1.807) is 11.3 Å². The number of benzene rings is 1. The van der Waals surface area contributed by atoms with Crippen LogP contribution in [0.25, 0.3) is 10.4 Å². The van der Waals surface area contributed by atoms with Crippen molar-refractivity contribution in [1.82, 2.24) is 0 Å². The molecule has 0 atom stereocenters. The van der Waals surface area contributed by atoms with E-state index >= 15 is 0 Å². The average molecular weight is 247 g/mol. The molecule has 1 aromatic carbocycles. The molecular weight excluding hydrogens is 230 g/mol. The van der Waals surface area contributed by atoms with Gasteiger partial charge in [-0.25, -0.2) is 0 Å². The first kappa shape index (κ1) is 12.1. The molecule has 0 unspecified atom stereocenters. The minimum absolute atomic E-state index is 0.540. The summed E-state index contributed by atoms with van der Waals surface area (Å²) in [5.74, 6) is 0.900. The summed E-state index contributed by atoms with van der Waals surface area (Å²) in [6.45, 7) is 5.32. The van der Waals surface area contributed by atoms with Gasteiger partial charge in [-0.15, -0.1) is 11.3 Å². The molecule has 1 aromatic heterocycles. The Morgan fingerprint density at radius 2 is 2.06 bits per heavy atom. The van der Waals surface area contributed by atoms with Crippen molar-refractivity contribution in [2.75, 3.05) is 6.61 Å². The third kappa shape index (κ3) is 2.87. The van der Waals surface area contributed by atoms with Crippen LogP contribution in [0.3, 0.4) is 0 Å². The summed E-state index contributed by atoms with van der Waals surface area (Å²) in [7, 11) is 0. The van der Waals surface area contributed by atoms with Gasteiger partial charge < -0.3 is 10.5 Å². The Bertz CT molecular complexity index is 505. The van der Waals surface area contributed by atoms with Crippen LogP contribution in [-0.4, -0.2) is 6.61 Å². The fraction of sp³-hybridized carbons (Fsp3) is 0.286. The van der Waals surface area contributed by atoms with E-state index < -0.39 is 0 Å². The van der Waals surface area contributed by atoms with Gasteiger partial charge in [-0.3, -0.25) is 0 Å². The topological polar surface area (TPSA) is 35.2 Å². The van der Waals surface area contributed by atoms with Crippen LogP contribution < -0.4 is 10.5 Å². The van der Waals surface area contributed by atoms with Crippen molar-refractivity contribution in [2.24, 2.45) is 5.73 Å². The lowest BCUT2D eigenvalue weighted by Gasteiger charge is -2.08. The van der Waals surface area contributed by atoms with Crippen LogP contribution in [0, 0.1) is 6.92 Å². The first-order valence-corrected chi connectivity index (χ1v) is 6.58. The Hall–Kier alpha value is -1.32. The molecule has 0 aliphatic rings. The fourth-order valence-corrected chi connectivity index (χ4v) is 2.62. The lowest BCUT2D eigenvalue weighted by Crippen LogP contribution is -1.98. The van der Waals surface area contributed by atoms with E-state index in [0.29, 0.717) is 13.2 Å². The van der Waals surface area contributed by atoms with Crippen LogP contribution in [0.4, 0.5) is 0 Å². The third-order valence-electron chi connectivity index (χ3n) is 2.54. The lowest BCUT2D eigenvalue weighted by atomic mass is 10.1. The summed E-state index contributed by atoms with van der Waals surface area (Å²) < 4.78 is 5.57. The smallest absolute Gasteiger partial charge is 0.120 e. The van der Waals surface area contributed by atoms with E-state index in [4.69, 9.17) is 10.5 Å². The Labute approximate surface area is 106 Å². The molecule has 3 heteroatoms. The minimum atomic E-state index is 0.540. The fourth-order valence-electron chi connectivity index (χ4n) is 1.76. The summed E-state index contributed by atoms with van der Waals surface area (Å²) >= 11 is 1.79. The molecular formula is C14H17NOS. The maximum Gasteiger partial charge on any atom is 0.120 e. The number of thiophene rings is 1. The van der Waals surface area contributed by atoms with Gasteiger partial charge in [0, 0.05) is 16.3 Å². The number of rotatable bonds is 4. The highest BCUT2D eigenvalue weighted by Gasteiger charge is 2.05. The first-order valence-electron chi connectivity index (χ1n) is 5.76. The van der Waals surface area contributed by atoms with Crippen LogP contribution >= 0.6 is 11.3 Å². The SMILES string of the molecule is CCOc1cc(CN)cc(-c2ccc(C)s2)c1. The molecule has 2 nitrogen and oxygen atoms in total. The zero-order valence-electron chi connectivity index (χ0n) is 10.2. The van der Waals surface area contributed by atoms with Crippen molar-refractivity contribution in [3.05, 3.63) is 40.8 Å². The maximum absolute atomic E-state index is 5.71. The van der Waals surface area contributed by atoms with E-state index in [1.807, 2.05) is 13.0 Å².